The normalized spacial score (nSPS) is 21.0. The number of aromatic amines is 1. The van der Waals surface area contributed by atoms with Gasteiger partial charge in [-0.3, -0.25) is 4.79 Å². The number of piperidine rings is 1. The van der Waals surface area contributed by atoms with Crippen molar-refractivity contribution < 1.29 is 9.53 Å². The minimum Gasteiger partial charge on any atom is -0.493 e. The van der Waals surface area contributed by atoms with Crippen LogP contribution in [0.3, 0.4) is 0 Å². The van der Waals surface area contributed by atoms with E-state index in [-0.39, 0.29) is 11.9 Å². The summed E-state index contributed by atoms with van der Waals surface area (Å²) in [5.74, 6) is 1.28. The maximum absolute atomic E-state index is 12.9. The van der Waals surface area contributed by atoms with E-state index in [2.05, 4.69) is 34.4 Å². The fraction of sp³-hybridized carbons (Fsp3) is 0.654. The average molecular weight is 441 g/mol. The van der Waals surface area contributed by atoms with Gasteiger partial charge in [-0.05, 0) is 69.3 Å². The Morgan fingerprint density at radius 2 is 2.03 bits per heavy atom. The van der Waals surface area contributed by atoms with Gasteiger partial charge in [0.2, 0.25) is 0 Å². The van der Waals surface area contributed by atoms with Gasteiger partial charge in [-0.2, -0.15) is 0 Å². The van der Waals surface area contributed by atoms with Crippen LogP contribution >= 0.6 is 0 Å². The van der Waals surface area contributed by atoms with E-state index in [1.54, 1.807) is 0 Å². The van der Waals surface area contributed by atoms with Crippen LogP contribution in [0.25, 0.3) is 10.9 Å². The van der Waals surface area contributed by atoms with E-state index >= 15 is 0 Å². The van der Waals surface area contributed by atoms with Crippen molar-refractivity contribution in [2.24, 2.45) is 5.92 Å². The van der Waals surface area contributed by atoms with Gasteiger partial charge in [0.1, 0.15) is 11.4 Å². The summed E-state index contributed by atoms with van der Waals surface area (Å²) < 4.78 is 5.95. The molecule has 1 aromatic heterocycles. The first-order valence-corrected chi connectivity index (χ1v) is 12.6. The molecule has 0 radical (unpaired) electrons. The summed E-state index contributed by atoms with van der Waals surface area (Å²) >= 11 is 0. The van der Waals surface area contributed by atoms with Crippen molar-refractivity contribution in [3.05, 3.63) is 30.0 Å². The highest BCUT2D eigenvalue weighted by Gasteiger charge is 2.23. The third-order valence-electron chi connectivity index (χ3n) is 6.82. The standard InChI is InChI=1S/C26H40N4O2/c1-19(2)18-32-25-9-6-8-23-22(25)17-24(29-23)26(31)28-21-11-15-30(16-12-21)14-10-20-7-4-3-5-13-27-20/h6,8-9,17,19-21,27,29H,3-5,7,10-16,18H2,1-2H3,(H,28,31). The molecule has 1 atom stereocenters. The second-order valence-electron chi connectivity index (χ2n) is 9.98. The number of amides is 1. The third kappa shape index (κ3) is 6.26. The van der Waals surface area contributed by atoms with Gasteiger partial charge in [-0.25, -0.2) is 0 Å². The fourth-order valence-electron chi connectivity index (χ4n) is 4.88. The van der Waals surface area contributed by atoms with E-state index in [9.17, 15) is 4.79 Å². The molecule has 2 aromatic rings. The lowest BCUT2D eigenvalue weighted by Crippen LogP contribution is -2.45. The molecule has 6 nitrogen and oxygen atoms in total. The van der Waals surface area contributed by atoms with Gasteiger partial charge in [0, 0.05) is 36.1 Å². The lowest BCUT2D eigenvalue weighted by molar-refractivity contribution is 0.0905. The van der Waals surface area contributed by atoms with Crippen molar-refractivity contribution in [3.63, 3.8) is 0 Å². The summed E-state index contributed by atoms with van der Waals surface area (Å²) in [6.45, 7) is 9.42. The SMILES string of the molecule is CC(C)COc1cccc2[nH]c(C(=O)NC3CCN(CCC4CCCCCN4)CC3)cc12. The molecule has 176 valence electrons. The largest absolute Gasteiger partial charge is 0.493 e. The van der Waals surface area contributed by atoms with Crippen molar-refractivity contribution >= 4 is 16.8 Å². The summed E-state index contributed by atoms with van der Waals surface area (Å²) in [6.07, 6.45) is 8.67. The highest BCUT2D eigenvalue weighted by atomic mass is 16.5. The van der Waals surface area contributed by atoms with Crippen LogP contribution in [-0.4, -0.2) is 60.7 Å². The molecule has 32 heavy (non-hydrogen) atoms. The number of carbonyl (C=O) groups is 1. The Labute approximate surface area is 192 Å². The first kappa shape index (κ1) is 23.1. The molecule has 0 aliphatic carbocycles. The molecule has 2 fully saturated rings. The van der Waals surface area contributed by atoms with Crippen LogP contribution in [-0.2, 0) is 0 Å². The molecule has 0 bridgehead atoms. The molecule has 6 heteroatoms. The molecule has 1 amide bonds. The first-order valence-electron chi connectivity index (χ1n) is 12.6. The van der Waals surface area contributed by atoms with Gasteiger partial charge >= 0.3 is 0 Å². The van der Waals surface area contributed by atoms with Gasteiger partial charge in [0.05, 0.1) is 6.61 Å². The van der Waals surface area contributed by atoms with Gasteiger partial charge in [-0.15, -0.1) is 0 Å². The third-order valence-corrected chi connectivity index (χ3v) is 6.82. The van der Waals surface area contributed by atoms with Gasteiger partial charge in [0.15, 0.2) is 0 Å². The zero-order chi connectivity index (χ0) is 22.3. The van der Waals surface area contributed by atoms with E-state index in [1.807, 2.05) is 24.3 Å². The number of aromatic nitrogens is 1. The molecule has 0 spiro atoms. The van der Waals surface area contributed by atoms with Gasteiger partial charge in [0.25, 0.3) is 5.91 Å². The Morgan fingerprint density at radius 1 is 1.19 bits per heavy atom. The number of hydrogen-bond donors (Lipinski definition) is 3. The Hall–Kier alpha value is -2.05. The van der Waals surface area contributed by atoms with Crippen molar-refractivity contribution in [3.8, 4) is 5.75 Å². The number of benzene rings is 1. The molecule has 2 saturated heterocycles. The summed E-state index contributed by atoms with van der Waals surface area (Å²) in [5, 5.41) is 7.93. The quantitative estimate of drug-likeness (QED) is 0.572. The molecule has 3 heterocycles. The van der Waals surface area contributed by atoms with Crippen LogP contribution in [0.1, 0.15) is 69.3 Å². The second kappa shape index (κ2) is 11.2. The predicted octanol–water partition coefficient (Wildman–Crippen LogP) is 4.32. The minimum atomic E-state index is -0.0166. The molecule has 3 N–H and O–H groups in total. The molecule has 2 aliphatic rings. The molecule has 1 unspecified atom stereocenters. The Balaban J connectivity index is 1.25. The highest BCUT2D eigenvalue weighted by molar-refractivity contribution is 5.99. The molecular formula is C26H40N4O2. The molecular weight excluding hydrogens is 400 g/mol. The van der Waals surface area contributed by atoms with Crippen LogP contribution in [0.2, 0.25) is 0 Å². The number of rotatable bonds is 8. The number of nitrogens with zero attached hydrogens (tertiary/aromatic N) is 1. The zero-order valence-corrected chi connectivity index (χ0v) is 19.8. The van der Waals surface area contributed by atoms with Crippen LogP contribution in [0.15, 0.2) is 24.3 Å². The number of ether oxygens (including phenoxy) is 1. The Kier molecular flexibility index (Phi) is 8.09. The van der Waals surface area contributed by atoms with Crippen LogP contribution in [0.4, 0.5) is 0 Å². The summed E-state index contributed by atoms with van der Waals surface area (Å²) in [4.78, 5) is 18.7. The number of hydrogen-bond acceptors (Lipinski definition) is 4. The monoisotopic (exact) mass is 440 g/mol. The van der Waals surface area contributed by atoms with Crippen molar-refractivity contribution in [2.75, 3.05) is 32.8 Å². The van der Waals surface area contributed by atoms with Crippen LogP contribution in [0, 0.1) is 5.92 Å². The maximum atomic E-state index is 12.9. The maximum Gasteiger partial charge on any atom is 0.267 e. The summed E-state index contributed by atoms with van der Waals surface area (Å²) in [5.41, 5.74) is 1.56. The smallest absolute Gasteiger partial charge is 0.267 e. The zero-order valence-electron chi connectivity index (χ0n) is 19.8. The number of fused-ring (bicyclic) bond motifs is 1. The molecule has 0 saturated carbocycles. The fourth-order valence-corrected chi connectivity index (χ4v) is 4.88. The predicted molar refractivity (Wildman–Crippen MR) is 130 cm³/mol. The lowest BCUT2D eigenvalue weighted by Gasteiger charge is -2.33. The molecule has 2 aliphatic heterocycles. The Morgan fingerprint density at radius 3 is 2.84 bits per heavy atom. The number of likely N-dealkylation sites (tertiary alicyclic amines) is 1. The van der Waals surface area contributed by atoms with E-state index in [0.29, 0.717) is 24.3 Å². The van der Waals surface area contributed by atoms with E-state index in [0.717, 1.165) is 42.6 Å². The lowest BCUT2D eigenvalue weighted by atomic mass is 10.0. The first-order chi connectivity index (χ1) is 15.6. The van der Waals surface area contributed by atoms with Crippen molar-refractivity contribution in [1.82, 2.24) is 20.5 Å². The summed E-state index contributed by atoms with van der Waals surface area (Å²) in [6, 6.07) is 8.80. The van der Waals surface area contributed by atoms with Gasteiger partial charge < -0.3 is 25.3 Å². The number of carbonyl (C=O) groups excluding carboxylic acids is 1. The van der Waals surface area contributed by atoms with Crippen LogP contribution < -0.4 is 15.4 Å². The average Bonchev–Trinajstić information content (AvgIpc) is 3.07. The van der Waals surface area contributed by atoms with Gasteiger partial charge in [-0.1, -0.05) is 32.8 Å². The molecule has 1 aromatic carbocycles. The van der Waals surface area contributed by atoms with Crippen LogP contribution in [0.5, 0.6) is 5.75 Å². The highest BCUT2D eigenvalue weighted by Crippen LogP contribution is 2.27. The van der Waals surface area contributed by atoms with Crippen molar-refractivity contribution in [1.29, 1.82) is 0 Å². The second-order valence-corrected chi connectivity index (χ2v) is 9.98. The minimum absolute atomic E-state index is 0.0166. The summed E-state index contributed by atoms with van der Waals surface area (Å²) in [7, 11) is 0. The van der Waals surface area contributed by atoms with E-state index in [4.69, 9.17) is 4.74 Å². The van der Waals surface area contributed by atoms with Crippen molar-refractivity contribution in [2.45, 2.75) is 70.9 Å². The number of nitrogens with one attached hydrogen (secondary N) is 3. The Bertz CT molecular complexity index is 862. The topological polar surface area (TPSA) is 69.4 Å². The molecule has 4 rings (SSSR count). The van der Waals surface area contributed by atoms with E-state index in [1.165, 1.54) is 45.2 Å². The van der Waals surface area contributed by atoms with E-state index < -0.39 is 0 Å². The number of H-pyrrole nitrogens is 1.